The van der Waals surface area contributed by atoms with Gasteiger partial charge in [0.1, 0.15) is 0 Å². The van der Waals surface area contributed by atoms with Gasteiger partial charge in [0.25, 0.3) is 0 Å². The molecule has 0 aliphatic rings. The molecule has 2 aromatic rings. The van der Waals surface area contributed by atoms with Crippen molar-refractivity contribution in [2.75, 3.05) is 10.7 Å². The molecule has 0 bridgehead atoms. The molecule has 0 atom stereocenters. The first-order valence-electron chi connectivity index (χ1n) is 7.32. The van der Waals surface area contributed by atoms with Gasteiger partial charge in [-0.25, -0.2) is 4.98 Å². The molecule has 25 heavy (non-hydrogen) atoms. The Morgan fingerprint density at radius 3 is 2.36 bits per heavy atom. The van der Waals surface area contributed by atoms with Crippen molar-refractivity contribution in [3.05, 3.63) is 52.7 Å². The molecule has 1 aromatic carbocycles. The highest BCUT2D eigenvalue weighted by Gasteiger charge is 2.31. The van der Waals surface area contributed by atoms with Crippen LogP contribution in [0.2, 0.25) is 5.02 Å². The summed E-state index contributed by atoms with van der Waals surface area (Å²) in [4.78, 5) is 3.64. The molecule has 9 heteroatoms. The highest BCUT2D eigenvalue weighted by Crippen LogP contribution is 2.32. The van der Waals surface area contributed by atoms with Crippen LogP contribution < -0.4 is 16.2 Å². The van der Waals surface area contributed by atoms with Crippen LogP contribution in [0.15, 0.2) is 36.5 Å². The Hall–Kier alpha value is -2.06. The van der Waals surface area contributed by atoms with Gasteiger partial charge in [0.05, 0.1) is 10.6 Å². The van der Waals surface area contributed by atoms with Gasteiger partial charge in [-0.1, -0.05) is 37.6 Å². The molecule has 1 aromatic heterocycles. The predicted octanol–water partition coefficient (Wildman–Crippen LogP) is 5.19. The number of thiocarbonyl (C=S) groups is 1. The van der Waals surface area contributed by atoms with Gasteiger partial charge in [-0.2, -0.15) is 13.2 Å². The second-order valence-corrected chi connectivity index (χ2v) is 6.35. The molecule has 0 unspecified atom stereocenters. The summed E-state index contributed by atoms with van der Waals surface area (Å²) in [5.74, 6) is 0.461. The minimum absolute atomic E-state index is 0.0361. The molecule has 134 valence electrons. The minimum atomic E-state index is -4.50. The van der Waals surface area contributed by atoms with E-state index in [2.05, 4.69) is 35.0 Å². The Morgan fingerprint density at radius 2 is 1.84 bits per heavy atom. The van der Waals surface area contributed by atoms with Crippen molar-refractivity contribution in [3.8, 4) is 0 Å². The molecular formula is C16H16ClF3N4S. The number of halogens is 4. The van der Waals surface area contributed by atoms with Crippen LogP contribution in [0.25, 0.3) is 0 Å². The fraction of sp³-hybridized carbons (Fsp3) is 0.250. The third-order valence-corrected chi connectivity index (χ3v) is 3.79. The predicted molar refractivity (Wildman–Crippen MR) is 97.8 cm³/mol. The molecule has 0 fully saturated rings. The van der Waals surface area contributed by atoms with E-state index in [4.69, 9.17) is 23.8 Å². The highest BCUT2D eigenvalue weighted by atomic mass is 35.5. The summed E-state index contributed by atoms with van der Waals surface area (Å²) in [6.45, 7) is 4.19. The lowest BCUT2D eigenvalue weighted by molar-refractivity contribution is -0.137. The molecule has 0 spiro atoms. The Morgan fingerprint density at radius 1 is 1.20 bits per heavy atom. The summed E-state index contributed by atoms with van der Waals surface area (Å²) in [7, 11) is 0. The first-order valence-corrected chi connectivity index (χ1v) is 8.11. The van der Waals surface area contributed by atoms with E-state index < -0.39 is 11.7 Å². The summed E-state index contributed by atoms with van der Waals surface area (Å²) >= 11 is 10.9. The Bertz CT molecular complexity index is 748. The Labute approximate surface area is 153 Å². The normalized spacial score (nSPS) is 11.3. The van der Waals surface area contributed by atoms with Crippen molar-refractivity contribution in [2.24, 2.45) is 0 Å². The van der Waals surface area contributed by atoms with Crippen molar-refractivity contribution in [3.63, 3.8) is 0 Å². The molecular weight excluding hydrogens is 373 g/mol. The Kier molecular flexibility index (Phi) is 6.07. The number of pyridine rings is 1. The number of nitrogens with zero attached hydrogens (tertiary/aromatic N) is 1. The molecule has 1 heterocycles. The van der Waals surface area contributed by atoms with Crippen LogP contribution >= 0.6 is 23.8 Å². The summed E-state index contributed by atoms with van der Waals surface area (Å²) < 4.78 is 37.7. The number of hydrogen-bond acceptors (Lipinski definition) is 3. The number of alkyl halides is 3. The molecule has 0 radical (unpaired) electrons. The van der Waals surface area contributed by atoms with E-state index in [-0.39, 0.29) is 16.0 Å². The third-order valence-electron chi connectivity index (χ3n) is 3.30. The summed E-state index contributed by atoms with van der Waals surface area (Å²) in [6, 6.07) is 8.52. The minimum Gasteiger partial charge on any atom is -0.331 e. The van der Waals surface area contributed by atoms with Crippen molar-refractivity contribution in [1.82, 2.24) is 10.4 Å². The fourth-order valence-electron chi connectivity index (χ4n) is 1.91. The van der Waals surface area contributed by atoms with Crippen LogP contribution in [0.1, 0.15) is 30.9 Å². The molecule has 0 saturated carbocycles. The van der Waals surface area contributed by atoms with E-state index in [1.165, 1.54) is 5.56 Å². The zero-order chi connectivity index (χ0) is 18.6. The lowest BCUT2D eigenvalue weighted by Crippen LogP contribution is -2.33. The SMILES string of the molecule is CC(C)c1ccc(NC(=S)NNc2ncc(C(F)(F)F)cc2Cl)cc1. The quantitative estimate of drug-likeness (QED) is 0.497. The third kappa shape index (κ3) is 5.47. The van der Waals surface area contributed by atoms with Crippen molar-refractivity contribution >= 4 is 40.4 Å². The van der Waals surface area contributed by atoms with Gasteiger partial charge in [0.2, 0.25) is 0 Å². The van der Waals surface area contributed by atoms with Crippen LogP contribution in [0.3, 0.4) is 0 Å². The highest BCUT2D eigenvalue weighted by molar-refractivity contribution is 7.80. The van der Waals surface area contributed by atoms with E-state index in [1.54, 1.807) is 0 Å². The summed E-state index contributed by atoms with van der Waals surface area (Å²) in [5, 5.41) is 2.98. The maximum atomic E-state index is 12.6. The molecule has 4 nitrogen and oxygen atoms in total. The standard InChI is InChI=1S/C16H16ClF3N4S/c1-9(2)10-3-5-12(6-4-10)22-15(25)24-23-14-13(17)7-11(8-21-14)16(18,19)20/h3-9H,1-2H3,(H,21,23)(H2,22,24,25). The lowest BCUT2D eigenvalue weighted by Gasteiger charge is -2.14. The van der Waals surface area contributed by atoms with Gasteiger partial charge >= 0.3 is 6.18 Å². The number of benzene rings is 1. The van der Waals surface area contributed by atoms with Gasteiger partial charge in [-0.15, -0.1) is 0 Å². The van der Waals surface area contributed by atoms with Gasteiger partial charge in [-0.3, -0.25) is 10.9 Å². The molecule has 0 aliphatic carbocycles. The topological polar surface area (TPSA) is 49.0 Å². The van der Waals surface area contributed by atoms with E-state index in [1.807, 2.05) is 24.3 Å². The lowest BCUT2D eigenvalue weighted by atomic mass is 10.0. The van der Waals surface area contributed by atoms with Crippen LogP contribution in [0.4, 0.5) is 24.7 Å². The van der Waals surface area contributed by atoms with E-state index in [9.17, 15) is 13.2 Å². The number of hydrogen-bond donors (Lipinski definition) is 3. The number of anilines is 2. The van der Waals surface area contributed by atoms with Crippen molar-refractivity contribution < 1.29 is 13.2 Å². The van der Waals surface area contributed by atoms with Gasteiger partial charge in [0.15, 0.2) is 10.9 Å². The second kappa shape index (κ2) is 7.88. The summed E-state index contributed by atoms with van der Waals surface area (Å²) in [5.41, 5.74) is 6.25. The van der Waals surface area contributed by atoms with E-state index in [0.29, 0.717) is 12.1 Å². The zero-order valence-corrected chi connectivity index (χ0v) is 15.0. The zero-order valence-electron chi connectivity index (χ0n) is 13.4. The molecule has 0 saturated heterocycles. The van der Waals surface area contributed by atoms with Crippen LogP contribution in [0.5, 0.6) is 0 Å². The number of aromatic nitrogens is 1. The summed E-state index contributed by atoms with van der Waals surface area (Å²) in [6.07, 6.45) is -3.81. The largest absolute Gasteiger partial charge is 0.417 e. The fourth-order valence-corrected chi connectivity index (χ4v) is 2.30. The average molecular weight is 389 g/mol. The molecule has 2 rings (SSSR count). The maximum Gasteiger partial charge on any atom is 0.417 e. The average Bonchev–Trinajstić information content (AvgIpc) is 2.53. The Balaban J connectivity index is 1.93. The number of hydrazine groups is 1. The van der Waals surface area contributed by atoms with Crippen LogP contribution in [-0.4, -0.2) is 10.1 Å². The molecule has 0 amide bonds. The number of nitrogens with one attached hydrogen (secondary N) is 3. The monoisotopic (exact) mass is 388 g/mol. The first kappa shape index (κ1) is 19.3. The second-order valence-electron chi connectivity index (χ2n) is 5.53. The van der Waals surface area contributed by atoms with E-state index in [0.717, 1.165) is 11.8 Å². The van der Waals surface area contributed by atoms with Crippen molar-refractivity contribution in [2.45, 2.75) is 25.9 Å². The van der Waals surface area contributed by atoms with Gasteiger partial charge < -0.3 is 5.32 Å². The van der Waals surface area contributed by atoms with Crippen LogP contribution in [0, 0.1) is 0 Å². The molecule has 3 N–H and O–H groups in total. The first-order chi connectivity index (χ1) is 11.7. The van der Waals surface area contributed by atoms with Gasteiger partial charge in [-0.05, 0) is 41.9 Å². The van der Waals surface area contributed by atoms with Gasteiger partial charge in [0, 0.05) is 11.9 Å². The van der Waals surface area contributed by atoms with Crippen molar-refractivity contribution in [1.29, 1.82) is 0 Å². The van der Waals surface area contributed by atoms with Crippen LogP contribution in [-0.2, 0) is 6.18 Å². The number of rotatable bonds is 4. The maximum absolute atomic E-state index is 12.6. The van der Waals surface area contributed by atoms with E-state index >= 15 is 0 Å². The molecule has 0 aliphatic heterocycles. The smallest absolute Gasteiger partial charge is 0.331 e.